The van der Waals surface area contributed by atoms with Gasteiger partial charge in [0, 0.05) is 18.1 Å². The largest absolute Gasteiger partial charge is 0.444 e. The maximum Gasteiger partial charge on any atom is 0.412 e. The van der Waals surface area contributed by atoms with Crippen molar-refractivity contribution >= 4 is 22.7 Å². The number of anilines is 1. The summed E-state index contributed by atoms with van der Waals surface area (Å²) in [7, 11) is 0. The number of hydrogen-bond acceptors (Lipinski definition) is 2. The molecule has 0 aliphatic carbocycles. The summed E-state index contributed by atoms with van der Waals surface area (Å²) in [5, 5.41) is 3.87. The normalized spacial score (nSPS) is 11.6. The lowest BCUT2D eigenvalue weighted by Gasteiger charge is -2.19. The molecule has 1 amide bonds. The standard InChI is InChI=1S/C16H22N2O2/c1-5-10-18-11-13(12-8-6-7-9-14(12)18)17-15(19)20-16(2,3)4/h6-9,11H,5,10H2,1-4H3,(H,17,19). The molecular weight excluding hydrogens is 252 g/mol. The van der Waals surface area contributed by atoms with Crippen LogP contribution in [0.5, 0.6) is 0 Å². The molecule has 0 aliphatic heterocycles. The molecule has 0 saturated carbocycles. The van der Waals surface area contributed by atoms with Gasteiger partial charge in [-0.25, -0.2) is 4.79 Å². The molecule has 2 rings (SSSR count). The van der Waals surface area contributed by atoms with Gasteiger partial charge in [0.05, 0.1) is 11.2 Å². The first-order valence-electron chi connectivity index (χ1n) is 6.98. The monoisotopic (exact) mass is 274 g/mol. The Labute approximate surface area is 119 Å². The number of benzene rings is 1. The molecule has 1 aromatic heterocycles. The summed E-state index contributed by atoms with van der Waals surface area (Å²) in [6.07, 6.45) is 2.60. The second-order valence-electron chi connectivity index (χ2n) is 5.88. The highest BCUT2D eigenvalue weighted by Gasteiger charge is 2.17. The highest BCUT2D eigenvalue weighted by molar-refractivity contribution is 5.99. The Balaban J connectivity index is 2.28. The third kappa shape index (κ3) is 3.32. The number of rotatable bonds is 3. The van der Waals surface area contributed by atoms with Crippen LogP contribution >= 0.6 is 0 Å². The number of fused-ring (bicyclic) bond motifs is 1. The van der Waals surface area contributed by atoms with Crippen LogP contribution in [0.25, 0.3) is 10.9 Å². The van der Waals surface area contributed by atoms with Gasteiger partial charge in [0.2, 0.25) is 0 Å². The van der Waals surface area contributed by atoms with E-state index in [9.17, 15) is 4.79 Å². The first-order valence-corrected chi connectivity index (χ1v) is 6.98. The Bertz CT molecular complexity index is 608. The number of hydrogen-bond donors (Lipinski definition) is 1. The molecule has 108 valence electrons. The number of nitrogens with zero attached hydrogens (tertiary/aromatic N) is 1. The fourth-order valence-electron chi connectivity index (χ4n) is 2.19. The minimum atomic E-state index is -0.494. The van der Waals surface area contributed by atoms with E-state index in [4.69, 9.17) is 4.74 Å². The fraction of sp³-hybridized carbons (Fsp3) is 0.438. The average Bonchev–Trinajstić information content (AvgIpc) is 2.66. The Kier molecular flexibility index (Phi) is 4.02. The zero-order valence-electron chi connectivity index (χ0n) is 12.6. The number of nitrogens with one attached hydrogen (secondary N) is 1. The molecule has 0 saturated heterocycles. The van der Waals surface area contributed by atoms with Crippen LogP contribution in [0.2, 0.25) is 0 Å². The van der Waals surface area contributed by atoms with E-state index in [1.165, 1.54) is 0 Å². The van der Waals surface area contributed by atoms with Gasteiger partial charge in [-0.1, -0.05) is 25.1 Å². The summed E-state index contributed by atoms with van der Waals surface area (Å²) in [4.78, 5) is 11.9. The first kappa shape index (κ1) is 14.4. The SMILES string of the molecule is CCCn1cc(NC(=O)OC(C)(C)C)c2ccccc21. The maximum atomic E-state index is 11.9. The quantitative estimate of drug-likeness (QED) is 0.901. The van der Waals surface area contributed by atoms with Crippen molar-refractivity contribution in [2.45, 2.75) is 46.3 Å². The molecule has 0 atom stereocenters. The summed E-state index contributed by atoms with van der Waals surface area (Å²) in [5.41, 5.74) is 1.43. The van der Waals surface area contributed by atoms with Crippen LogP contribution in [0.15, 0.2) is 30.5 Å². The third-order valence-corrected chi connectivity index (χ3v) is 2.89. The van der Waals surface area contributed by atoms with Gasteiger partial charge < -0.3 is 9.30 Å². The third-order valence-electron chi connectivity index (χ3n) is 2.89. The van der Waals surface area contributed by atoms with Gasteiger partial charge in [-0.15, -0.1) is 0 Å². The maximum absolute atomic E-state index is 11.9. The molecule has 4 nitrogen and oxygen atoms in total. The highest BCUT2D eigenvalue weighted by Crippen LogP contribution is 2.26. The highest BCUT2D eigenvalue weighted by atomic mass is 16.6. The van der Waals surface area contributed by atoms with Crippen LogP contribution in [0.4, 0.5) is 10.5 Å². The molecule has 0 aliphatic rings. The number of aromatic nitrogens is 1. The molecule has 20 heavy (non-hydrogen) atoms. The Morgan fingerprint density at radius 2 is 2.00 bits per heavy atom. The molecule has 0 bridgehead atoms. The predicted molar refractivity (Wildman–Crippen MR) is 82.1 cm³/mol. The Morgan fingerprint density at radius 1 is 1.30 bits per heavy atom. The number of aryl methyl sites for hydroxylation is 1. The van der Waals surface area contributed by atoms with Crippen molar-refractivity contribution in [1.29, 1.82) is 0 Å². The van der Waals surface area contributed by atoms with E-state index in [2.05, 4.69) is 22.9 Å². The number of amides is 1. The van der Waals surface area contributed by atoms with Gasteiger partial charge in [0.15, 0.2) is 0 Å². The van der Waals surface area contributed by atoms with E-state index in [1.54, 1.807) is 0 Å². The summed E-state index contributed by atoms with van der Waals surface area (Å²) in [5.74, 6) is 0. The Morgan fingerprint density at radius 3 is 2.65 bits per heavy atom. The number of carbonyl (C=O) groups excluding carboxylic acids is 1. The van der Waals surface area contributed by atoms with Gasteiger partial charge in [0.25, 0.3) is 0 Å². The topological polar surface area (TPSA) is 43.3 Å². The van der Waals surface area contributed by atoms with Crippen LogP contribution < -0.4 is 5.32 Å². The van der Waals surface area contributed by atoms with Crippen molar-refractivity contribution in [3.8, 4) is 0 Å². The minimum Gasteiger partial charge on any atom is -0.444 e. The molecule has 1 heterocycles. The molecule has 2 aromatic rings. The lowest BCUT2D eigenvalue weighted by molar-refractivity contribution is 0.0636. The average molecular weight is 274 g/mol. The van der Waals surface area contributed by atoms with Crippen molar-refractivity contribution in [3.63, 3.8) is 0 Å². The zero-order chi connectivity index (χ0) is 14.8. The summed E-state index contributed by atoms with van der Waals surface area (Å²) >= 11 is 0. The van der Waals surface area contributed by atoms with Crippen LogP contribution in [0.3, 0.4) is 0 Å². The fourth-order valence-corrected chi connectivity index (χ4v) is 2.19. The van der Waals surface area contributed by atoms with E-state index in [0.717, 1.165) is 29.6 Å². The molecule has 0 radical (unpaired) electrons. The van der Waals surface area contributed by atoms with Gasteiger partial charge in [-0.3, -0.25) is 5.32 Å². The van der Waals surface area contributed by atoms with Crippen molar-refractivity contribution in [3.05, 3.63) is 30.5 Å². The van der Waals surface area contributed by atoms with Crippen LogP contribution in [-0.2, 0) is 11.3 Å². The van der Waals surface area contributed by atoms with Crippen LogP contribution in [0, 0.1) is 0 Å². The molecular formula is C16H22N2O2. The van der Waals surface area contributed by atoms with Crippen molar-refractivity contribution in [1.82, 2.24) is 4.57 Å². The number of carbonyl (C=O) groups is 1. The van der Waals surface area contributed by atoms with E-state index in [0.29, 0.717) is 0 Å². The van der Waals surface area contributed by atoms with E-state index < -0.39 is 11.7 Å². The van der Waals surface area contributed by atoms with Crippen molar-refractivity contribution in [2.75, 3.05) is 5.32 Å². The smallest absolute Gasteiger partial charge is 0.412 e. The lowest BCUT2D eigenvalue weighted by atomic mass is 10.2. The van der Waals surface area contributed by atoms with Crippen LogP contribution in [0.1, 0.15) is 34.1 Å². The van der Waals surface area contributed by atoms with E-state index in [-0.39, 0.29) is 0 Å². The van der Waals surface area contributed by atoms with Gasteiger partial charge in [-0.2, -0.15) is 0 Å². The summed E-state index contributed by atoms with van der Waals surface area (Å²) < 4.78 is 7.46. The van der Waals surface area contributed by atoms with Crippen molar-refractivity contribution < 1.29 is 9.53 Å². The second-order valence-corrected chi connectivity index (χ2v) is 5.88. The van der Waals surface area contributed by atoms with E-state index >= 15 is 0 Å². The molecule has 1 aromatic carbocycles. The second kappa shape index (κ2) is 5.57. The van der Waals surface area contributed by atoms with Gasteiger partial charge in [-0.05, 0) is 33.3 Å². The molecule has 1 N–H and O–H groups in total. The Hall–Kier alpha value is -1.97. The van der Waals surface area contributed by atoms with Gasteiger partial charge >= 0.3 is 6.09 Å². The molecule has 0 unspecified atom stereocenters. The number of para-hydroxylation sites is 1. The van der Waals surface area contributed by atoms with Crippen molar-refractivity contribution in [2.24, 2.45) is 0 Å². The zero-order valence-corrected chi connectivity index (χ0v) is 12.6. The number of ether oxygens (including phenoxy) is 1. The summed E-state index contributed by atoms with van der Waals surface area (Å²) in [6.45, 7) is 8.62. The minimum absolute atomic E-state index is 0.420. The molecule has 4 heteroatoms. The van der Waals surface area contributed by atoms with Gasteiger partial charge in [0.1, 0.15) is 5.60 Å². The summed E-state index contributed by atoms with van der Waals surface area (Å²) in [6, 6.07) is 8.05. The molecule has 0 fully saturated rings. The predicted octanol–water partition coefficient (Wildman–Crippen LogP) is 4.40. The van der Waals surface area contributed by atoms with Crippen LogP contribution in [-0.4, -0.2) is 16.3 Å². The molecule has 0 spiro atoms. The first-order chi connectivity index (χ1) is 9.40. The lowest BCUT2D eigenvalue weighted by Crippen LogP contribution is -2.27. The van der Waals surface area contributed by atoms with E-state index in [1.807, 2.05) is 45.2 Å².